The number of ketones is 2. The molecule has 0 heterocycles. The Morgan fingerprint density at radius 2 is 0.690 bits per heavy atom. The van der Waals surface area contributed by atoms with Crippen LogP contribution in [0.4, 0.5) is 0 Å². The molecule has 0 spiro atoms. The van der Waals surface area contributed by atoms with Crippen molar-refractivity contribution in [2.45, 2.75) is 83.1 Å². The normalized spacial score (nSPS) is 13.0. The Kier molecular flexibility index (Phi) is 19.1. The van der Waals surface area contributed by atoms with E-state index >= 15 is 0 Å². The van der Waals surface area contributed by atoms with Crippen LogP contribution in [-0.4, -0.2) is 71.4 Å². The van der Waals surface area contributed by atoms with Crippen LogP contribution in [0.25, 0.3) is 0 Å². The van der Waals surface area contributed by atoms with E-state index in [-0.39, 0.29) is 82.9 Å². The molecule has 0 unspecified atom stereocenters. The van der Waals surface area contributed by atoms with Gasteiger partial charge in [0, 0.05) is 10.8 Å². The minimum atomic E-state index is -0.457. The van der Waals surface area contributed by atoms with Gasteiger partial charge in [-0.25, -0.2) is 0 Å². The first-order chi connectivity index (χ1) is 11.1. The van der Waals surface area contributed by atoms with E-state index in [1.807, 2.05) is 83.1 Å². The smallest absolute Gasteiger partial charge is 0.875 e. The van der Waals surface area contributed by atoms with E-state index < -0.39 is 21.7 Å². The van der Waals surface area contributed by atoms with E-state index in [1.165, 1.54) is 12.2 Å². The van der Waals surface area contributed by atoms with Gasteiger partial charge in [-0.15, -0.1) is 11.5 Å². The number of hydrogen-bond donors (Lipinski definition) is 0. The standard InChI is InChI=1S/2C11H20O2.Ba.2H2O/c2*1-10(2,3)8(12)7-9(13)11(4,5)6;;;/h2*7,12H,1-6H3;;2*1H2/q;;+2;;/p-2/b2*8-7-;;;. The Morgan fingerprint density at radius 1 is 0.517 bits per heavy atom. The van der Waals surface area contributed by atoms with Gasteiger partial charge < -0.3 is 21.2 Å². The molecule has 0 aliphatic carbocycles. The summed E-state index contributed by atoms with van der Waals surface area (Å²) in [4.78, 5) is 22.9. The first-order valence-electron chi connectivity index (χ1n) is 8.97. The van der Waals surface area contributed by atoms with Gasteiger partial charge in [0.15, 0.2) is 11.6 Å². The van der Waals surface area contributed by atoms with Crippen molar-refractivity contribution in [3.8, 4) is 0 Å². The largest absolute Gasteiger partial charge is 2.00 e. The predicted octanol–water partition coefficient (Wildman–Crippen LogP) is 1.75. The second-order valence-corrected chi connectivity index (χ2v) is 10.7. The summed E-state index contributed by atoms with van der Waals surface area (Å²) >= 11 is 0. The molecule has 0 aliphatic rings. The third-order valence-electron chi connectivity index (χ3n) is 3.48. The molecular formula is C22H42BaO6. The van der Waals surface area contributed by atoms with Crippen molar-refractivity contribution in [1.29, 1.82) is 0 Å². The fourth-order valence-corrected chi connectivity index (χ4v) is 1.10. The summed E-state index contributed by atoms with van der Waals surface area (Å²) < 4.78 is 0. The first-order valence-corrected chi connectivity index (χ1v) is 8.97. The van der Waals surface area contributed by atoms with Crippen molar-refractivity contribution in [2.24, 2.45) is 21.7 Å². The zero-order chi connectivity index (χ0) is 21.7. The molecule has 0 bridgehead atoms. The number of carbonyl (C=O) groups is 2. The van der Waals surface area contributed by atoms with Gasteiger partial charge in [0.2, 0.25) is 0 Å². The monoisotopic (exact) mass is 540 g/mol. The molecule has 0 aliphatic heterocycles. The number of carbonyl (C=O) groups excluding carboxylic acids is 2. The summed E-state index contributed by atoms with van der Waals surface area (Å²) in [5.74, 6) is -0.417. The maximum absolute atomic E-state index is 11.4. The minimum Gasteiger partial charge on any atom is -0.875 e. The van der Waals surface area contributed by atoms with Crippen molar-refractivity contribution in [2.75, 3.05) is 0 Å². The molecule has 0 fully saturated rings. The van der Waals surface area contributed by atoms with Gasteiger partial charge in [0.25, 0.3) is 0 Å². The molecule has 0 rings (SSSR count). The van der Waals surface area contributed by atoms with Crippen molar-refractivity contribution in [3.05, 3.63) is 23.7 Å². The second-order valence-electron chi connectivity index (χ2n) is 10.7. The van der Waals surface area contributed by atoms with Crippen LogP contribution < -0.4 is 10.2 Å². The molecule has 0 aromatic carbocycles. The van der Waals surface area contributed by atoms with Gasteiger partial charge >= 0.3 is 48.9 Å². The maximum Gasteiger partial charge on any atom is 2.00 e. The zero-order valence-corrected chi connectivity index (χ0v) is 24.9. The Morgan fingerprint density at radius 3 is 0.793 bits per heavy atom. The van der Waals surface area contributed by atoms with Gasteiger partial charge in [-0.05, 0) is 23.0 Å². The van der Waals surface area contributed by atoms with E-state index in [0.717, 1.165) is 0 Å². The summed E-state index contributed by atoms with van der Waals surface area (Å²) in [6.07, 6.45) is 2.44. The fourth-order valence-electron chi connectivity index (χ4n) is 1.10. The van der Waals surface area contributed by atoms with E-state index in [4.69, 9.17) is 0 Å². The van der Waals surface area contributed by atoms with Crippen LogP contribution in [-0.2, 0) is 9.59 Å². The Bertz CT molecular complexity index is 510. The van der Waals surface area contributed by atoms with Crippen LogP contribution in [0.1, 0.15) is 83.1 Å². The van der Waals surface area contributed by atoms with Crippen LogP contribution in [0.15, 0.2) is 23.7 Å². The molecule has 0 saturated heterocycles. The molecule has 29 heavy (non-hydrogen) atoms. The van der Waals surface area contributed by atoms with Crippen LogP contribution >= 0.6 is 0 Å². The predicted molar refractivity (Wildman–Crippen MR) is 117 cm³/mol. The first kappa shape index (κ1) is 39.4. The molecule has 7 heteroatoms. The van der Waals surface area contributed by atoms with Crippen LogP contribution in [0, 0.1) is 21.7 Å². The Labute approximate surface area is 217 Å². The van der Waals surface area contributed by atoms with Gasteiger partial charge in [-0.2, -0.15) is 0 Å². The third kappa shape index (κ3) is 18.4. The van der Waals surface area contributed by atoms with Crippen molar-refractivity contribution in [3.63, 3.8) is 0 Å². The minimum absolute atomic E-state index is 0. The summed E-state index contributed by atoms with van der Waals surface area (Å²) in [5, 5.41) is 22.9. The Balaban J connectivity index is -0.000000120. The van der Waals surface area contributed by atoms with E-state index in [2.05, 4.69) is 0 Å². The molecule has 0 amide bonds. The van der Waals surface area contributed by atoms with Gasteiger partial charge in [0.1, 0.15) is 0 Å². The van der Waals surface area contributed by atoms with Crippen molar-refractivity contribution in [1.82, 2.24) is 0 Å². The van der Waals surface area contributed by atoms with Gasteiger partial charge in [-0.1, -0.05) is 83.1 Å². The number of rotatable bonds is 2. The van der Waals surface area contributed by atoms with Crippen molar-refractivity contribution < 1.29 is 30.8 Å². The third-order valence-corrected chi connectivity index (χ3v) is 3.48. The SMILES string of the molecule is CC(C)(C)C(=O)/C=C(\[O-])C(C)(C)C.CC(C)(C)C(=O)/C=C(\[O-])C(C)(C)C.O.O.[Ba+2]. The fraction of sp³-hybridized carbons (Fsp3) is 0.727. The maximum atomic E-state index is 11.4. The Hall–Kier alpha value is -0.0886. The molecule has 0 saturated carbocycles. The van der Waals surface area contributed by atoms with Gasteiger partial charge in [0.05, 0.1) is 0 Å². The summed E-state index contributed by atoms with van der Waals surface area (Å²) in [6, 6.07) is 0. The van der Waals surface area contributed by atoms with Crippen molar-refractivity contribution >= 4 is 60.4 Å². The van der Waals surface area contributed by atoms with E-state index in [0.29, 0.717) is 0 Å². The molecule has 6 nitrogen and oxygen atoms in total. The zero-order valence-electron chi connectivity index (χ0n) is 20.5. The van der Waals surface area contributed by atoms with Crippen LogP contribution in [0.5, 0.6) is 0 Å². The number of hydrogen-bond acceptors (Lipinski definition) is 4. The average Bonchev–Trinajstić information content (AvgIpc) is 2.34. The van der Waals surface area contributed by atoms with E-state index in [1.54, 1.807) is 0 Å². The van der Waals surface area contributed by atoms with E-state index in [9.17, 15) is 19.8 Å². The molecule has 4 N–H and O–H groups in total. The molecule has 0 aromatic rings. The second kappa shape index (κ2) is 14.1. The average molecular weight is 540 g/mol. The molecular weight excluding hydrogens is 498 g/mol. The molecule has 168 valence electrons. The molecule has 0 radical (unpaired) electrons. The van der Waals surface area contributed by atoms with Crippen LogP contribution in [0.3, 0.4) is 0 Å². The molecule has 0 aromatic heterocycles. The van der Waals surface area contributed by atoms with Crippen LogP contribution in [0.2, 0.25) is 0 Å². The molecule has 0 atom stereocenters. The summed E-state index contributed by atoms with van der Waals surface area (Å²) in [6.45, 7) is 21.7. The van der Waals surface area contributed by atoms with Gasteiger partial charge in [-0.3, -0.25) is 9.59 Å². The topological polar surface area (TPSA) is 143 Å². The quantitative estimate of drug-likeness (QED) is 0.299. The summed E-state index contributed by atoms with van der Waals surface area (Å²) in [7, 11) is 0. The summed E-state index contributed by atoms with van der Waals surface area (Å²) in [5.41, 5.74) is -1.83. The number of allylic oxidation sites excluding steroid dienone is 4.